The molecule has 8 nitrogen and oxygen atoms in total. The van der Waals surface area contributed by atoms with Crippen LogP contribution in [-0.4, -0.2) is 41.2 Å². The smallest absolute Gasteiger partial charge is 0.321 e. The van der Waals surface area contributed by atoms with Crippen LogP contribution >= 0.6 is 0 Å². The first-order chi connectivity index (χ1) is 8.64. The van der Waals surface area contributed by atoms with Gasteiger partial charge in [0, 0.05) is 0 Å². The molecular formula is C10H11NO7S. The van der Waals surface area contributed by atoms with Crippen LogP contribution in [0.5, 0.6) is 0 Å². The fourth-order valence-corrected chi connectivity index (χ4v) is 2.05. The van der Waals surface area contributed by atoms with Crippen LogP contribution in [0.4, 0.5) is 0 Å². The Labute approximate surface area is 108 Å². The summed E-state index contributed by atoms with van der Waals surface area (Å²) in [7, 11) is -4.51. The van der Waals surface area contributed by atoms with Crippen LogP contribution in [0.1, 0.15) is 11.5 Å². The summed E-state index contributed by atoms with van der Waals surface area (Å²) in [5.74, 6) is -4.67. The predicted molar refractivity (Wildman–Crippen MR) is 62.2 cm³/mol. The van der Waals surface area contributed by atoms with Gasteiger partial charge in [-0.3, -0.25) is 14.1 Å². The van der Waals surface area contributed by atoms with Crippen LogP contribution < -0.4 is 5.73 Å². The number of aliphatic carboxylic acids is 2. The Morgan fingerprint density at radius 3 is 2.16 bits per heavy atom. The average molecular weight is 289 g/mol. The maximum atomic E-state index is 11.1. The third kappa shape index (κ3) is 3.50. The zero-order chi connectivity index (χ0) is 14.8. The average Bonchev–Trinajstić information content (AvgIpc) is 2.27. The molecular weight excluding hydrogens is 278 g/mol. The van der Waals surface area contributed by atoms with Crippen molar-refractivity contribution < 1.29 is 32.8 Å². The number of rotatable bonds is 5. The highest BCUT2D eigenvalue weighted by Gasteiger charge is 2.32. The second-order valence-corrected chi connectivity index (χ2v) is 5.15. The third-order valence-electron chi connectivity index (χ3n) is 2.43. The summed E-state index contributed by atoms with van der Waals surface area (Å²) in [4.78, 5) is 21.3. The van der Waals surface area contributed by atoms with Gasteiger partial charge in [0.25, 0.3) is 10.1 Å². The molecule has 0 aliphatic rings. The largest absolute Gasteiger partial charge is 0.481 e. The highest BCUT2D eigenvalue weighted by Crippen LogP contribution is 2.22. The van der Waals surface area contributed by atoms with E-state index < -0.39 is 38.9 Å². The molecule has 9 heteroatoms. The molecule has 1 rings (SSSR count). The number of carboxylic acid groups (broad SMARTS) is 2. The summed E-state index contributed by atoms with van der Waals surface area (Å²) in [5, 5.41) is 17.7. The standard InChI is InChI=1S/C10H11NO7S/c11-8(10(14)15)7(9(12)13)5-2-1-3-6(4-5)19(16,17)18/h1-4,7-8H,11H2,(H,12,13)(H,14,15)(H,16,17,18). The molecule has 5 N–H and O–H groups in total. The van der Waals surface area contributed by atoms with Crippen molar-refractivity contribution in [2.75, 3.05) is 0 Å². The summed E-state index contributed by atoms with van der Waals surface area (Å²) >= 11 is 0. The summed E-state index contributed by atoms with van der Waals surface area (Å²) in [5.41, 5.74) is 5.13. The van der Waals surface area contributed by atoms with Crippen LogP contribution in [0.15, 0.2) is 29.2 Å². The maximum Gasteiger partial charge on any atom is 0.321 e. The minimum Gasteiger partial charge on any atom is -0.481 e. The van der Waals surface area contributed by atoms with Crippen molar-refractivity contribution in [3.8, 4) is 0 Å². The van der Waals surface area contributed by atoms with Gasteiger partial charge >= 0.3 is 11.9 Å². The Morgan fingerprint density at radius 2 is 1.74 bits per heavy atom. The zero-order valence-electron chi connectivity index (χ0n) is 9.42. The lowest BCUT2D eigenvalue weighted by atomic mass is 9.92. The van der Waals surface area contributed by atoms with Crippen molar-refractivity contribution >= 4 is 22.1 Å². The van der Waals surface area contributed by atoms with Crippen molar-refractivity contribution in [1.82, 2.24) is 0 Å². The molecule has 2 atom stereocenters. The molecule has 0 saturated carbocycles. The van der Waals surface area contributed by atoms with Gasteiger partial charge in [-0.25, -0.2) is 0 Å². The van der Waals surface area contributed by atoms with Crippen molar-refractivity contribution in [2.24, 2.45) is 5.73 Å². The quantitative estimate of drug-likeness (QED) is 0.529. The Balaban J connectivity index is 3.33. The van der Waals surface area contributed by atoms with Crippen LogP contribution in [0, 0.1) is 0 Å². The fraction of sp³-hybridized carbons (Fsp3) is 0.200. The molecule has 0 spiro atoms. The Morgan fingerprint density at radius 1 is 1.16 bits per heavy atom. The molecule has 0 amide bonds. The minimum absolute atomic E-state index is 0.127. The summed E-state index contributed by atoms with van der Waals surface area (Å²) in [6, 6.07) is 2.58. The number of hydrogen-bond acceptors (Lipinski definition) is 5. The van der Waals surface area contributed by atoms with E-state index in [9.17, 15) is 18.0 Å². The van der Waals surface area contributed by atoms with Crippen molar-refractivity contribution in [3.63, 3.8) is 0 Å². The SMILES string of the molecule is NC(C(=O)O)C(C(=O)O)c1cccc(S(=O)(=O)O)c1. The monoisotopic (exact) mass is 289 g/mol. The fourth-order valence-electron chi connectivity index (χ4n) is 1.51. The molecule has 2 unspecified atom stereocenters. The van der Waals surface area contributed by atoms with E-state index in [1.54, 1.807) is 0 Å². The van der Waals surface area contributed by atoms with Crippen LogP contribution in [-0.2, 0) is 19.7 Å². The maximum absolute atomic E-state index is 11.1. The van der Waals surface area contributed by atoms with Crippen LogP contribution in [0.3, 0.4) is 0 Å². The van der Waals surface area contributed by atoms with Gasteiger partial charge in [-0.2, -0.15) is 8.42 Å². The lowest BCUT2D eigenvalue weighted by Gasteiger charge is -2.17. The molecule has 1 aromatic carbocycles. The molecule has 0 aliphatic carbocycles. The van der Waals surface area contributed by atoms with Crippen molar-refractivity contribution in [2.45, 2.75) is 16.9 Å². The highest BCUT2D eigenvalue weighted by molar-refractivity contribution is 7.85. The molecule has 0 bridgehead atoms. The first kappa shape index (κ1) is 15.1. The van der Waals surface area contributed by atoms with Crippen molar-refractivity contribution in [3.05, 3.63) is 29.8 Å². The number of hydrogen-bond donors (Lipinski definition) is 4. The molecule has 0 aromatic heterocycles. The van der Waals surface area contributed by atoms with Gasteiger partial charge in [0.1, 0.15) is 12.0 Å². The Hall–Kier alpha value is -1.97. The van der Waals surface area contributed by atoms with Gasteiger partial charge in [-0.05, 0) is 17.7 Å². The number of benzene rings is 1. The second kappa shape index (κ2) is 5.34. The van der Waals surface area contributed by atoms with E-state index in [0.717, 1.165) is 12.1 Å². The van der Waals surface area contributed by atoms with Gasteiger partial charge in [0.05, 0.1) is 4.90 Å². The predicted octanol–water partition coefficient (Wildman–Crippen LogP) is -0.487. The zero-order valence-corrected chi connectivity index (χ0v) is 10.2. The molecule has 19 heavy (non-hydrogen) atoms. The van der Waals surface area contributed by atoms with Gasteiger partial charge in [0.2, 0.25) is 0 Å². The van der Waals surface area contributed by atoms with E-state index in [0.29, 0.717) is 0 Å². The normalized spacial score (nSPS) is 14.6. The molecule has 1 aromatic rings. The number of carbonyl (C=O) groups is 2. The van der Waals surface area contributed by atoms with Crippen LogP contribution in [0.2, 0.25) is 0 Å². The van der Waals surface area contributed by atoms with E-state index in [2.05, 4.69) is 0 Å². The topological polar surface area (TPSA) is 155 Å². The van der Waals surface area contributed by atoms with Crippen LogP contribution in [0.25, 0.3) is 0 Å². The van der Waals surface area contributed by atoms with E-state index in [1.807, 2.05) is 0 Å². The molecule has 0 aliphatic heterocycles. The summed E-state index contributed by atoms with van der Waals surface area (Å²) in [6.07, 6.45) is 0. The van der Waals surface area contributed by atoms with E-state index >= 15 is 0 Å². The first-order valence-corrected chi connectivity index (χ1v) is 6.37. The van der Waals surface area contributed by atoms with Gasteiger partial charge < -0.3 is 15.9 Å². The molecule has 0 radical (unpaired) electrons. The van der Waals surface area contributed by atoms with E-state index in [1.165, 1.54) is 12.1 Å². The number of carboxylic acids is 2. The molecule has 104 valence electrons. The third-order valence-corrected chi connectivity index (χ3v) is 3.28. The summed E-state index contributed by atoms with van der Waals surface area (Å²) < 4.78 is 30.7. The molecule has 0 saturated heterocycles. The Bertz CT molecular complexity index is 610. The minimum atomic E-state index is -4.51. The van der Waals surface area contributed by atoms with Gasteiger partial charge in [-0.1, -0.05) is 12.1 Å². The molecule has 0 fully saturated rings. The first-order valence-electron chi connectivity index (χ1n) is 4.93. The van der Waals surface area contributed by atoms with Crippen molar-refractivity contribution in [1.29, 1.82) is 0 Å². The Kier molecular flexibility index (Phi) is 4.24. The van der Waals surface area contributed by atoms with Gasteiger partial charge in [0.15, 0.2) is 0 Å². The summed E-state index contributed by atoms with van der Waals surface area (Å²) in [6.45, 7) is 0. The van der Waals surface area contributed by atoms with E-state index in [-0.39, 0.29) is 5.56 Å². The number of nitrogens with two attached hydrogens (primary N) is 1. The highest BCUT2D eigenvalue weighted by atomic mass is 32.2. The van der Waals surface area contributed by atoms with Gasteiger partial charge in [-0.15, -0.1) is 0 Å². The lowest BCUT2D eigenvalue weighted by molar-refractivity contribution is -0.146. The second-order valence-electron chi connectivity index (χ2n) is 3.73. The lowest BCUT2D eigenvalue weighted by Crippen LogP contribution is -2.40. The molecule has 0 heterocycles. The van der Waals surface area contributed by atoms with E-state index in [4.69, 9.17) is 20.5 Å².